The molecule has 0 aromatic carbocycles. The molecule has 4 nitrogen and oxygen atoms in total. The van der Waals surface area contributed by atoms with Crippen molar-refractivity contribution in [2.45, 2.75) is 67.2 Å². The largest absolute Gasteiger partial charge is 0.352 e. The van der Waals surface area contributed by atoms with Crippen molar-refractivity contribution in [1.29, 1.82) is 0 Å². The number of carbonyl (C=O) groups excluding carboxylic acids is 2. The number of unbranched alkanes of at least 4 members (excludes halogenated alkanes) is 2. The summed E-state index contributed by atoms with van der Waals surface area (Å²) in [6.45, 7) is 13.8. The summed E-state index contributed by atoms with van der Waals surface area (Å²) in [6, 6.07) is 0. The molecule has 0 saturated heterocycles. The molecule has 0 unspecified atom stereocenters. The summed E-state index contributed by atoms with van der Waals surface area (Å²) in [5.41, 5.74) is 0. The van der Waals surface area contributed by atoms with E-state index in [9.17, 15) is 9.59 Å². The summed E-state index contributed by atoms with van der Waals surface area (Å²) >= 11 is 0. The van der Waals surface area contributed by atoms with Crippen molar-refractivity contribution in [3.05, 3.63) is 72.9 Å². The van der Waals surface area contributed by atoms with E-state index < -0.39 is 0 Å². The molecular weight excluding hydrogens is 396 g/mol. The molecule has 0 aliphatic heterocycles. The van der Waals surface area contributed by atoms with Crippen molar-refractivity contribution in [1.82, 2.24) is 10.6 Å². The zero-order valence-corrected chi connectivity index (χ0v) is 21.1. The maximum atomic E-state index is 11.3. The van der Waals surface area contributed by atoms with Crippen LogP contribution in [0.2, 0.25) is 0 Å². The lowest BCUT2D eigenvalue weighted by Gasteiger charge is -2.03. The van der Waals surface area contributed by atoms with Gasteiger partial charge >= 0.3 is 0 Å². The van der Waals surface area contributed by atoms with Crippen LogP contribution in [-0.4, -0.2) is 24.9 Å². The van der Waals surface area contributed by atoms with E-state index in [-0.39, 0.29) is 11.8 Å². The lowest BCUT2D eigenvalue weighted by molar-refractivity contribution is -0.117. The van der Waals surface area contributed by atoms with E-state index in [0.29, 0.717) is 11.8 Å². The summed E-state index contributed by atoms with van der Waals surface area (Å²) in [6.07, 6.45) is 27.0. The van der Waals surface area contributed by atoms with Crippen molar-refractivity contribution in [3.8, 4) is 0 Å². The van der Waals surface area contributed by atoms with Crippen molar-refractivity contribution >= 4 is 11.8 Å². The lowest BCUT2D eigenvalue weighted by atomic mass is 10.2. The Balaban J connectivity index is 0. The molecule has 0 aliphatic carbocycles. The monoisotopic (exact) mass is 442 g/mol. The average molecular weight is 443 g/mol. The molecule has 2 N–H and O–H groups in total. The SMILES string of the molecule is C/C=C/C=C\CC/C=C/C(=O)NCC(C)C.C/C=C/C=C\CC/C=C/C(=O)NCC(C)C. The van der Waals surface area contributed by atoms with E-state index in [1.165, 1.54) is 0 Å². The highest BCUT2D eigenvalue weighted by Gasteiger charge is 1.97. The van der Waals surface area contributed by atoms with Crippen LogP contribution in [0.4, 0.5) is 0 Å². The quantitative estimate of drug-likeness (QED) is 0.184. The van der Waals surface area contributed by atoms with E-state index in [1.54, 1.807) is 12.2 Å². The molecule has 0 heterocycles. The number of carbonyl (C=O) groups is 2. The van der Waals surface area contributed by atoms with E-state index in [2.05, 4.69) is 50.5 Å². The van der Waals surface area contributed by atoms with Crippen LogP contribution in [0.5, 0.6) is 0 Å². The number of nitrogens with one attached hydrogen (secondary N) is 2. The Labute approximate surface area is 197 Å². The van der Waals surface area contributed by atoms with Crippen LogP contribution in [0.3, 0.4) is 0 Å². The topological polar surface area (TPSA) is 58.2 Å². The molecule has 0 rings (SSSR count). The molecular formula is C28H46N2O2. The van der Waals surface area contributed by atoms with Gasteiger partial charge in [-0.25, -0.2) is 0 Å². The van der Waals surface area contributed by atoms with Crippen LogP contribution < -0.4 is 10.6 Å². The second-order valence-electron chi connectivity index (χ2n) is 8.15. The van der Waals surface area contributed by atoms with Crippen LogP contribution in [0.25, 0.3) is 0 Å². The van der Waals surface area contributed by atoms with Gasteiger partial charge in [0.15, 0.2) is 0 Å². The lowest BCUT2D eigenvalue weighted by Crippen LogP contribution is -2.25. The van der Waals surface area contributed by atoms with Crippen molar-refractivity contribution in [2.75, 3.05) is 13.1 Å². The zero-order valence-electron chi connectivity index (χ0n) is 21.1. The van der Waals surface area contributed by atoms with E-state index in [1.807, 2.05) is 62.5 Å². The van der Waals surface area contributed by atoms with Gasteiger partial charge in [-0.1, -0.05) is 88.5 Å². The van der Waals surface area contributed by atoms with Crippen LogP contribution >= 0.6 is 0 Å². The summed E-state index contributed by atoms with van der Waals surface area (Å²) in [7, 11) is 0. The van der Waals surface area contributed by atoms with E-state index >= 15 is 0 Å². The van der Waals surface area contributed by atoms with Crippen molar-refractivity contribution in [2.24, 2.45) is 11.8 Å². The molecule has 0 aliphatic rings. The van der Waals surface area contributed by atoms with E-state index in [4.69, 9.17) is 0 Å². The fourth-order valence-electron chi connectivity index (χ4n) is 2.06. The third-order valence-corrected chi connectivity index (χ3v) is 3.79. The summed E-state index contributed by atoms with van der Waals surface area (Å²) in [5, 5.41) is 5.68. The second-order valence-corrected chi connectivity index (χ2v) is 8.15. The van der Waals surface area contributed by atoms with Crippen molar-refractivity contribution in [3.63, 3.8) is 0 Å². The van der Waals surface area contributed by atoms with Gasteiger partial charge in [-0.15, -0.1) is 0 Å². The van der Waals surface area contributed by atoms with Gasteiger partial charge in [-0.2, -0.15) is 0 Å². The Hall–Kier alpha value is -2.62. The Morgan fingerprint density at radius 2 is 0.938 bits per heavy atom. The number of rotatable bonds is 14. The second kappa shape index (κ2) is 24.6. The normalized spacial score (nSPS) is 12.2. The summed E-state index contributed by atoms with van der Waals surface area (Å²) < 4.78 is 0. The first-order valence-electron chi connectivity index (χ1n) is 11.8. The maximum Gasteiger partial charge on any atom is 0.243 e. The molecule has 0 atom stereocenters. The van der Waals surface area contributed by atoms with Gasteiger partial charge in [0.25, 0.3) is 0 Å². The van der Waals surface area contributed by atoms with Gasteiger partial charge in [0, 0.05) is 13.1 Å². The van der Waals surface area contributed by atoms with Crippen LogP contribution in [-0.2, 0) is 9.59 Å². The summed E-state index contributed by atoms with van der Waals surface area (Å²) in [4.78, 5) is 22.5. The zero-order chi connectivity index (χ0) is 24.5. The fourth-order valence-corrected chi connectivity index (χ4v) is 2.06. The van der Waals surface area contributed by atoms with Gasteiger partial charge < -0.3 is 10.6 Å². The van der Waals surface area contributed by atoms with Crippen LogP contribution in [0, 0.1) is 11.8 Å². The molecule has 0 spiro atoms. The predicted octanol–water partition coefficient (Wildman–Crippen LogP) is 6.45. The van der Waals surface area contributed by atoms with Gasteiger partial charge in [0.05, 0.1) is 0 Å². The Kier molecular flexibility index (Phi) is 24.3. The third-order valence-electron chi connectivity index (χ3n) is 3.79. The molecule has 0 aromatic heterocycles. The van der Waals surface area contributed by atoms with E-state index in [0.717, 1.165) is 38.8 Å². The highest BCUT2D eigenvalue weighted by molar-refractivity contribution is 5.87. The number of amides is 2. The molecule has 2 amide bonds. The standard InChI is InChI=1S/2C14H23NO/c2*1-4-5-6-7-8-9-10-11-14(16)15-12-13(2)3/h2*4-7,10-11,13H,8-9,12H2,1-3H3,(H,15,16)/b2*5-4+,7-6-,11-10+. The molecule has 0 radical (unpaired) electrons. The Morgan fingerprint density at radius 1 is 0.594 bits per heavy atom. The number of hydrogen-bond donors (Lipinski definition) is 2. The smallest absolute Gasteiger partial charge is 0.243 e. The number of hydrogen-bond acceptors (Lipinski definition) is 2. The molecule has 0 fully saturated rings. The Bertz CT molecular complexity index is 580. The first kappa shape index (κ1) is 31.6. The van der Waals surface area contributed by atoms with Gasteiger partial charge in [-0.05, 0) is 63.5 Å². The number of allylic oxidation sites excluding steroid dienone is 10. The average Bonchev–Trinajstić information content (AvgIpc) is 2.75. The fraction of sp³-hybridized carbons (Fsp3) is 0.500. The maximum absolute atomic E-state index is 11.3. The first-order valence-corrected chi connectivity index (χ1v) is 11.8. The van der Waals surface area contributed by atoms with Gasteiger partial charge in [0.2, 0.25) is 11.8 Å². The molecule has 4 heteroatoms. The molecule has 32 heavy (non-hydrogen) atoms. The molecule has 180 valence electrons. The minimum absolute atomic E-state index is 0.00568. The molecule has 0 saturated carbocycles. The minimum atomic E-state index is 0.00568. The predicted molar refractivity (Wildman–Crippen MR) is 140 cm³/mol. The molecule has 0 bridgehead atoms. The van der Waals surface area contributed by atoms with Crippen LogP contribution in [0.15, 0.2) is 72.9 Å². The van der Waals surface area contributed by atoms with Crippen LogP contribution in [0.1, 0.15) is 67.2 Å². The van der Waals surface area contributed by atoms with Gasteiger partial charge in [0.1, 0.15) is 0 Å². The Morgan fingerprint density at radius 3 is 1.25 bits per heavy atom. The third kappa shape index (κ3) is 29.6. The minimum Gasteiger partial charge on any atom is -0.352 e. The molecule has 0 aromatic rings. The first-order chi connectivity index (χ1) is 15.3. The van der Waals surface area contributed by atoms with Crippen molar-refractivity contribution < 1.29 is 9.59 Å². The van der Waals surface area contributed by atoms with Gasteiger partial charge in [-0.3, -0.25) is 9.59 Å². The summed E-state index contributed by atoms with van der Waals surface area (Å²) in [5.74, 6) is 1.01. The highest BCUT2D eigenvalue weighted by atomic mass is 16.2. The highest BCUT2D eigenvalue weighted by Crippen LogP contribution is 1.95.